The smallest absolute Gasteiger partial charge is 0.120 e. The van der Waals surface area contributed by atoms with Crippen LogP contribution in [0.3, 0.4) is 0 Å². The van der Waals surface area contributed by atoms with Gasteiger partial charge in [-0.3, -0.25) is 0 Å². The van der Waals surface area contributed by atoms with E-state index in [2.05, 4.69) is 24.0 Å². The fraction of sp³-hybridized carbons (Fsp3) is 0.778. The molecule has 1 aromatic rings. The second kappa shape index (κ2) is 5.25. The van der Waals surface area contributed by atoms with Gasteiger partial charge in [-0.25, -0.2) is 0 Å². The lowest BCUT2D eigenvalue weighted by Crippen LogP contribution is -1.97. The van der Waals surface area contributed by atoms with Crippen LogP contribution in [0.15, 0.2) is 5.51 Å². The van der Waals surface area contributed by atoms with E-state index in [1.165, 1.54) is 30.7 Å². The summed E-state index contributed by atoms with van der Waals surface area (Å²) in [5.41, 5.74) is 1.83. The Morgan fingerprint density at radius 3 is 2.42 bits per heavy atom. The Labute approximate surface area is 78.0 Å². The fourth-order valence-electron chi connectivity index (χ4n) is 1.45. The van der Waals surface area contributed by atoms with Gasteiger partial charge in [-0.15, -0.1) is 21.5 Å². The zero-order valence-electron chi connectivity index (χ0n) is 7.79. The molecule has 1 aromatic heterocycles. The molecule has 0 radical (unpaired) electrons. The predicted octanol–water partition coefficient (Wildman–Crippen LogP) is 3.22. The van der Waals surface area contributed by atoms with Crippen molar-refractivity contribution in [2.24, 2.45) is 0 Å². The van der Waals surface area contributed by atoms with E-state index in [1.54, 1.807) is 11.3 Å². The van der Waals surface area contributed by atoms with E-state index >= 15 is 0 Å². The molecule has 0 saturated heterocycles. The second-order valence-electron chi connectivity index (χ2n) is 3.05. The monoisotopic (exact) mass is 184 g/mol. The van der Waals surface area contributed by atoms with E-state index in [9.17, 15) is 0 Å². The lowest BCUT2D eigenvalue weighted by molar-refractivity contribution is 0.554. The summed E-state index contributed by atoms with van der Waals surface area (Å²) in [5.74, 6) is 0.660. The molecule has 3 heteroatoms. The van der Waals surface area contributed by atoms with Crippen LogP contribution in [0.2, 0.25) is 0 Å². The SMILES string of the molecule is CCCC(CCC)c1nncs1. The summed E-state index contributed by atoms with van der Waals surface area (Å²) in [4.78, 5) is 0. The molecule has 0 bridgehead atoms. The quantitative estimate of drug-likeness (QED) is 0.702. The third-order valence-electron chi connectivity index (χ3n) is 2.00. The minimum absolute atomic E-state index is 0.660. The Morgan fingerprint density at radius 1 is 1.33 bits per heavy atom. The first-order chi connectivity index (χ1) is 5.88. The highest BCUT2D eigenvalue weighted by Crippen LogP contribution is 2.26. The molecule has 0 spiro atoms. The minimum Gasteiger partial charge on any atom is -0.147 e. The Hall–Kier alpha value is -0.440. The van der Waals surface area contributed by atoms with Gasteiger partial charge in [0.25, 0.3) is 0 Å². The maximum absolute atomic E-state index is 4.12. The van der Waals surface area contributed by atoms with Crippen molar-refractivity contribution in [2.75, 3.05) is 0 Å². The molecule has 68 valence electrons. The third kappa shape index (κ3) is 2.55. The molecule has 1 rings (SSSR count). The Morgan fingerprint density at radius 2 is 2.00 bits per heavy atom. The van der Waals surface area contributed by atoms with Gasteiger partial charge < -0.3 is 0 Å². The first-order valence-electron chi connectivity index (χ1n) is 4.64. The van der Waals surface area contributed by atoms with E-state index < -0.39 is 0 Å². The molecule has 1 heterocycles. The van der Waals surface area contributed by atoms with Crippen LogP contribution in [0.1, 0.15) is 50.5 Å². The molecule has 0 N–H and O–H groups in total. The van der Waals surface area contributed by atoms with E-state index in [0.29, 0.717) is 5.92 Å². The molecule has 12 heavy (non-hydrogen) atoms. The molecule has 0 aliphatic carbocycles. The fourth-order valence-corrected chi connectivity index (χ4v) is 2.17. The van der Waals surface area contributed by atoms with Gasteiger partial charge in [0.2, 0.25) is 0 Å². The van der Waals surface area contributed by atoms with Crippen LogP contribution in [0.4, 0.5) is 0 Å². The normalized spacial score (nSPS) is 10.9. The van der Waals surface area contributed by atoms with Crippen LogP contribution >= 0.6 is 11.3 Å². The van der Waals surface area contributed by atoms with Crippen molar-refractivity contribution < 1.29 is 0 Å². The zero-order valence-corrected chi connectivity index (χ0v) is 8.60. The topological polar surface area (TPSA) is 25.8 Å². The first kappa shape index (κ1) is 9.65. The van der Waals surface area contributed by atoms with Gasteiger partial charge in [-0.05, 0) is 12.8 Å². The maximum atomic E-state index is 4.12. The summed E-state index contributed by atoms with van der Waals surface area (Å²) in [7, 11) is 0. The summed E-state index contributed by atoms with van der Waals surface area (Å²) < 4.78 is 0. The van der Waals surface area contributed by atoms with Gasteiger partial charge in [0.15, 0.2) is 0 Å². The van der Waals surface area contributed by atoms with Gasteiger partial charge in [0.1, 0.15) is 10.5 Å². The molecule has 0 aromatic carbocycles. The van der Waals surface area contributed by atoms with Gasteiger partial charge in [-0.2, -0.15) is 0 Å². The van der Waals surface area contributed by atoms with E-state index in [-0.39, 0.29) is 0 Å². The number of rotatable bonds is 5. The Balaban J connectivity index is 2.53. The molecular weight excluding hydrogens is 168 g/mol. The molecule has 0 aliphatic rings. The van der Waals surface area contributed by atoms with E-state index in [1.807, 2.05) is 5.51 Å². The molecule has 0 amide bonds. The van der Waals surface area contributed by atoms with Crippen LogP contribution in [-0.4, -0.2) is 10.2 Å². The lowest BCUT2D eigenvalue weighted by atomic mass is 9.99. The third-order valence-corrected chi connectivity index (χ3v) is 2.86. The van der Waals surface area contributed by atoms with Gasteiger partial charge in [-0.1, -0.05) is 26.7 Å². The van der Waals surface area contributed by atoms with Crippen LogP contribution in [-0.2, 0) is 0 Å². The molecule has 0 saturated carbocycles. The number of hydrogen-bond donors (Lipinski definition) is 0. The molecule has 0 aliphatic heterocycles. The van der Waals surface area contributed by atoms with Crippen molar-refractivity contribution in [3.63, 3.8) is 0 Å². The highest BCUT2D eigenvalue weighted by atomic mass is 32.1. The van der Waals surface area contributed by atoms with Crippen molar-refractivity contribution in [2.45, 2.75) is 45.4 Å². The molecule has 0 unspecified atom stereocenters. The number of aromatic nitrogens is 2. The molecular formula is C9H16N2S. The summed E-state index contributed by atoms with van der Waals surface area (Å²) in [6.45, 7) is 4.45. The minimum atomic E-state index is 0.660. The summed E-state index contributed by atoms with van der Waals surface area (Å²) in [6, 6.07) is 0. The highest BCUT2D eigenvalue weighted by Gasteiger charge is 2.12. The van der Waals surface area contributed by atoms with Crippen LogP contribution in [0.5, 0.6) is 0 Å². The van der Waals surface area contributed by atoms with Crippen molar-refractivity contribution in [1.29, 1.82) is 0 Å². The van der Waals surface area contributed by atoms with Crippen LogP contribution < -0.4 is 0 Å². The predicted molar refractivity (Wildman–Crippen MR) is 52.5 cm³/mol. The van der Waals surface area contributed by atoms with Crippen molar-refractivity contribution in [3.8, 4) is 0 Å². The largest absolute Gasteiger partial charge is 0.147 e. The molecule has 0 atom stereocenters. The highest BCUT2D eigenvalue weighted by molar-refractivity contribution is 7.09. The van der Waals surface area contributed by atoms with Crippen molar-refractivity contribution in [3.05, 3.63) is 10.5 Å². The number of hydrogen-bond acceptors (Lipinski definition) is 3. The summed E-state index contributed by atoms with van der Waals surface area (Å²) in [6.07, 6.45) is 4.99. The molecule has 0 fully saturated rings. The van der Waals surface area contributed by atoms with Crippen molar-refractivity contribution >= 4 is 11.3 Å². The standard InChI is InChI=1S/C9H16N2S/c1-3-5-8(6-4-2)9-11-10-7-12-9/h7-8H,3-6H2,1-2H3. The van der Waals surface area contributed by atoms with E-state index in [0.717, 1.165) is 0 Å². The second-order valence-corrected chi connectivity index (χ2v) is 3.92. The molecule has 2 nitrogen and oxygen atoms in total. The van der Waals surface area contributed by atoms with E-state index in [4.69, 9.17) is 0 Å². The first-order valence-corrected chi connectivity index (χ1v) is 5.52. The lowest BCUT2D eigenvalue weighted by Gasteiger charge is -2.10. The van der Waals surface area contributed by atoms with Crippen molar-refractivity contribution in [1.82, 2.24) is 10.2 Å². The Kier molecular flexibility index (Phi) is 4.22. The average Bonchev–Trinajstić information content (AvgIpc) is 2.56. The maximum Gasteiger partial charge on any atom is 0.120 e. The zero-order chi connectivity index (χ0) is 8.81. The summed E-state index contributed by atoms with van der Waals surface area (Å²) in [5, 5.41) is 9.22. The Bertz CT molecular complexity index is 190. The van der Waals surface area contributed by atoms with Gasteiger partial charge >= 0.3 is 0 Å². The van der Waals surface area contributed by atoms with Crippen LogP contribution in [0, 0.1) is 0 Å². The van der Waals surface area contributed by atoms with Crippen LogP contribution in [0.25, 0.3) is 0 Å². The number of nitrogens with zero attached hydrogens (tertiary/aromatic N) is 2. The van der Waals surface area contributed by atoms with Gasteiger partial charge in [0, 0.05) is 5.92 Å². The summed E-state index contributed by atoms with van der Waals surface area (Å²) >= 11 is 1.69. The van der Waals surface area contributed by atoms with Gasteiger partial charge in [0.05, 0.1) is 0 Å². The average molecular weight is 184 g/mol.